The molecule has 0 radical (unpaired) electrons. The van der Waals surface area contributed by atoms with E-state index >= 15 is 0 Å². The molecule has 0 amide bonds. The zero-order valence-electron chi connectivity index (χ0n) is 19.6. The van der Waals surface area contributed by atoms with Gasteiger partial charge in [-0.15, -0.1) is 0 Å². The Morgan fingerprint density at radius 1 is 1.20 bits per heavy atom. The second kappa shape index (κ2) is 8.55. The first-order chi connectivity index (χ1) is 14.0. The van der Waals surface area contributed by atoms with Gasteiger partial charge < -0.3 is 9.47 Å². The van der Waals surface area contributed by atoms with E-state index in [2.05, 4.69) is 57.2 Å². The number of aryl methyl sites for hydroxylation is 1. The van der Waals surface area contributed by atoms with Crippen molar-refractivity contribution in [2.45, 2.75) is 79.4 Å². The molecule has 0 fully saturated rings. The third kappa shape index (κ3) is 4.95. The average Bonchev–Trinajstić information content (AvgIpc) is 2.65. The lowest BCUT2D eigenvalue weighted by Crippen LogP contribution is -2.30. The van der Waals surface area contributed by atoms with Gasteiger partial charge >= 0.3 is 5.97 Å². The highest BCUT2D eigenvalue weighted by Gasteiger charge is 2.34. The van der Waals surface area contributed by atoms with Crippen molar-refractivity contribution in [3.05, 3.63) is 53.1 Å². The SMILES string of the molecule is CCOC(=O)C(OC(C)(C)C)c1c(C)cc2ccccc2c1C1=CCC(C)(C)CC1. The molecule has 3 heteroatoms. The number of benzene rings is 2. The van der Waals surface area contributed by atoms with Crippen LogP contribution in [0, 0.1) is 12.3 Å². The number of allylic oxidation sites excluding steroid dienone is 2. The van der Waals surface area contributed by atoms with Gasteiger partial charge in [-0.2, -0.15) is 0 Å². The normalized spacial score (nSPS) is 17.5. The van der Waals surface area contributed by atoms with E-state index in [-0.39, 0.29) is 5.97 Å². The summed E-state index contributed by atoms with van der Waals surface area (Å²) in [6, 6.07) is 10.6. The average molecular weight is 409 g/mol. The van der Waals surface area contributed by atoms with Crippen LogP contribution in [0.2, 0.25) is 0 Å². The monoisotopic (exact) mass is 408 g/mol. The molecule has 0 aliphatic heterocycles. The predicted octanol–water partition coefficient (Wildman–Crippen LogP) is 7.16. The molecule has 3 rings (SSSR count). The maximum absolute atomic E-state index is 13.1. The number of hydrogen-bond donors (Lipinski definition) is 0. The summed E-state index contributed by atoms with van der Waals surface area (Å²) in [6.45, 7) is 14.8. The number of esters is 1. The summed E-state index contributed by atoms with van der Waals surface area (Å²) in [6.07, 6.45) is 4.78. The maximum atomic E-state index is 13.1. The smallest absolute Gasteiger partial charge is 0.339 e. The van der Waals surface area contributed by atoms with Crippen molar-refractivity contribution in [2.75, 3.05) is 6.61 Å². The zero-order valence-corrected chi connectivity index (χ0v) is 19.6. The van der Waals surface area contributed by atoms with Gasteiger partial charge in [0.2, 0.25) is 0 Å². The van der Waals surface area contributed by atoms with Crippen LogP contribution in [-0.2, 0) is 14.3 Å². The van der Waals surface area contributed by atoms with Gasteiger partial charge in [0.05, 0.1) is 12.2 Å². The topological polar surface area (TPSA) is 35.5 Å². The minimum atomic E-state index is -0.750. The lowest BCUT2D eigenvalue weighted by atomic mass is 9.75. The summed E-state index contributed by atoms with van der Waals surface area (Å²) in [5.74, 6) is -0.316. The van der Waals surface area contributed by atoms with Crippen LogP contribution in [0.25, 0.3) is 16.3 Å². The second-order valence-electron chi connectivity index (χ2n) is 10.2. The molecule has 0 aromatic heterocycles. The van der Waals surface area contributed by atoms with Crippen LogP contribution >= 0.6 is 0 Å². The van der Waals surface area contributed by atoms with E-state index in [1.54, 1.807) is 0 Å². The van der Waals surface area contributed by atoms with E-state index < -0.39 is 11.7 Å². The first-order valence-corrected chi connectivity index (χ1v) is 11.1. The van der Waals surface area contributed by atoms with Gasteiger partial charge in [0, 0.05) is 5.56 Å². The Morgan fingerprint density at radius 3 is 2.50 bits per heavy atom. The number of fused-ring (bicyclic) bond motifs is 1. The van der Waals surface area contributed by atoms with Crippen LogP contribution in [0.1, 0.15) is 83.6 Å². The van der Waals surface area contributed by atoms with Gasteiger partial charge in [-0.3, -0.25) is 0 Å². The van der Waals surface area contributed by atoms with Crippen molar-refractivity contribution in [1.29, 1.82) is 0 Å². The van der Waals surface area contributed by atoms with Crippen LogP contribution in [0.15, 0.2) is 36.4 Å². The molecule has 0 saturated heterocycles. The predicted molar refractivity (Wildman–Crippen MR) is 125 cm³/mol. The van der Waals surface area contributed by atoms with Crippen molar-refractivity contribution < 1.29 is 14.3 Å². The van der Waals surface area contributed by atoms with Crippen molar-refractivity contribution in [1.82, 2.24) is 0 Å². The standard InChI is InChI=1S/C27H36O3/c1-8-29-25(28)24(30-26(3,4)5)22-18(2)17-20-11-9-10-12-21(20)23(22)19-13-15-27(6,7)16-14-19/h9-13,17,24H,8,14-16H2,1-7H3. The number of carbonyl (C=O) groups excluding carboxylic acids is 1. The highest BCUT2D eigenvalue weighted by Crippen LogP contribution is 2.44. The van der Waals surface area contributed by atoms with Gasteiger partial charge in [-0.25, -0.2) is 4.79 Å². The molecular formula is C27H36O3. The fourth-order valence-electron chi connectivity index (χ4n) is 4.29. The Bertz CT molecular complexity index is 960. The minimum Gasteiger partial charge on any atom is -0.464 e. The van der Waals surface area contributed by atoms with Crippen LogP contribution in [0.4, 0.5) is 0 Å². The Balaban J connectivity index is 2.28. The Labute approximate surface area is 181 Å². The van der Waals surface area contributed by atoms with Gasteiger partial charge in [-0.05, 0) is 86.8 Å². The van der Waals surface area contributed by atoms with Gasteiger partial charge in [0.15, 0.2) is 6.10 Å². The van der Waals surface area contributed by atoms with Gasteiger partial charge in [-0.1, -0.05) is 50.3 Å². The summed E-state index contributed by atoms with van der Waals surface area (Å²) in [4.78, 5) is 13.1. The van der Waals surface area contributed by atoms with Crippen molar-refractivity contribution in [2.24, 2.45) is 5.41 Å². The highest BCUT2D eigenvalue weighted by atomic mass is 16.6. The van der Waals surface area contributed by atoms with E-state index in [4.69, 9.17) is 9.47 Å². The number of carbonyl (C=O) groups is 1. The van der Waals surface area contributed by atoms with Crippen LogP contribution in [0.3, 0.4) is 0 Å². The molecule has 1 unspecified atom stereocenters. The molecule has 30 heavy (non-hydrogen) atoms. The molecule has 1 aliphatic carbocycles. The van der Waals surface area contributed by atoms with Crippen molar-refractivity contribution in [3.8, 4) is 0 Å². The van der Waals surface area contributed by atoms with E-state index in [0.29, 0.717) is 12.0 Å². The highest BCUT2D eigenvalue weighted by molar-refractivity contribution is 5.98. The molecule has 0 spiro atoms. The van der Waals surface area contributed by atoms with Crippen molar-refractivity contribution in [3.63, 3.8) is 0 Å². The maximum Gasteiger partial charge on any atom is 0.339 e. The molecule has 3 nitrogen and oxygen atoms in total. The lowest BCUT2D eigenvalue weighted by Gasteiger charge is -2.33. The summed E-state index contributed by atoms with van der Waals surface area (Å²) in [7, 11) is 0. The Kier molecular flexibility index (Phi) is 6.43. The third-order valence-corrected chi connectivity index (χ3v) is 5.82. The number of rotatable bonds is 5. The fourth-order valence-corrected chi connectivity index (χ4v) is 4.29. The van der Waals surface area contributed by atoms with Crippen LogP contribution in [0.5, 0.6) is 0 Å². The van der Waals surface area contributed by atoms with Gasteiger partial charge in [0.1, 0.15) is 0 Å². The summed E-state index contributed by atoms with van der Waals surface area (Å²) >= 11 is 0. The van der Waals surface area contributed by atoms with E-state index in [9.17, 15) is 4.79 Å². The molecule has 2 aromatic carbocycles. The molecule has 0 bridgehead atoms. The van der Waals surface area contributed by atoms with E-state index in [0.717, 1.165) is 36.0 Å². The number of hydrogen-bond acceptors (Lipinski definition) is 3. The third-order valence-electron chi connectivity index (χ3n) is 5.82. The van der Waals surface area contributed by atoms with Gasteiger partial charge in [0.25, 0.3) is 0 Å². The van der Waals surface area contributed by atoms with E-state index in [1.807, 2.05) is 27.7 Å². The second-order valence-corrected chi connectivity index (χ2v) is 10.2. The lowest BCUT2D eigenvalue weighted by molar-refractivity contribution is -0.166. The molecule has 1 aliphatic rings. The summed E-state index contributed by atoms with van der Waals surface area (Å²) in [5.41, 5.74) is 4.32. The first kappa shape index (κ1) is 22.6. The van der Waals surface area contributed by atoms with Crippen molar-refractivity contribution >= 4 is 22.3 Å². The molecule has 2 aromatic rings. The Morgan fingerprint density at radius 2 is 1.90 bits per heavy atom. The number of ether oxygens (including phenoxy) is 2. The molecule has 162 valence electrons. The molecule has 0 N–H and O–H groups in total. The molecule has 0 heterocycles. The Hall–Kier alpha value is -2.13. The fraction of sp³-hybridized carbons (Fsp3) is 0.519. The molecular weight excluding hydrogens is 372 g/mol. The zero-order chi connectivity index (χ0) is 22.1. The first-order valence-electron chi connectivity index (χ1n) is 11.1. The van der Waals surface area contributed by atoms with Crippen LogP contribution < -0.4 is 0 Å². The largest absolute Gasteiger partial charge is 0.464 e. The summed E-state index contributed by atoms with van der Waals surface area (Å²) in [5, 5.41) is 2.37. The minimum absolute atomic E-state index is 0.311. The molecule has 1 atom stereocenters. The molecule has 0 saturated carbocycles. The summed E-state index contributed by atoms with van der Waals surface area (Å²) < 4.78 is 11.8. The van der Waals surface area contributed by atoms with Crippen LogP contribution in [-0.4, -0.2) is 18.2 Å². The van der Waals surface area contributed by atoms with E-state index in [1.165, 1.54) is 16.3 Å². The quantitative estimate of drug-likeness (QED) is 0.492.